The predicted octanol–water partition coefficient (Wildman–Crippen LogP) is 1.41. The van der Waals surface area contributed by atoms with Crippen molar-refractivity contribution in [3.63, 3.8) is 0 Å². The normalized spacial score (nSPS) is 20.9. The molecule has 0 radical (unpaired) electrons. The highest BCUT2D eigenvalue weighted by atomic mass is 32.1. The number of rotatable bonds is 4. The Bertz CT molecular complexity index is 413. The average molecular weight is 269 g/mol. The molecule has 2 unspecified atom stereocenters. The largest absolute Gasteiger partial charge is 0.376 e. The first-order chi connectivity index (χ1) is 8.58. The molecule has 2 atom stereocenters. The summed E-state index contributed by atoms with van der Waals surface area (Å²) in [5.74, 6) is -0.0614. The fraction of sp³-hybridized carbons (Fsp3) is 0.667. The van der Waals surface area contributed by atoms with Crippen LogP contribution in [-0.2, 0) is 4.74 Å². The number of hydrogen-bond donors (Lipinski definition) is 1. The van der Waals surface area contributed by atoms with Crippen LogP contribution in [0.1, 0.15) is 41.3 Å². The molecule has 2 rings (SSSR count). The third-order valence-corrected chi connectivity index (χ3v) is 4.02. The molecule has 1 amide bonds. The number of nitrogens with zero attached hydrogens (tertiary/aromatic N) is 2. The topological polar surface area (TPSA) is 68.5 Å². The second-order valence-electron chi connectivity index (χ2n) is 4.68. The Labute approximate surface area is 111 Å². The number of hydrogen-bond acceptors (Lipinski definition) is 5. The van der Waals surface area contributed by atoms with E-state index in [1.165, 1.54) is 11.3 Å². The van der Waals surface area contributed by atoms with Gasteiger partial charge in [-0.05, 0) is 19.8 Å². The van der Waals surface area contributed by atoms with Gasteiger partial charge in [0.15, 0.2) is 0 Å². The molecule has 0 aliphatic carbocycles. The van der Waals surface area contributed by atoms with Crippen LogP contribution in [-0.4, -0.2) is 42.1 Å². The van der Waals surface area contributed by atoms with Crippen molar-refractivity contribution in [1.29, 1.82) is 0 Å². The molecule has 1 aromatic rings. The standard InChI is InChI=1S/C12H19N3O2S/c1-8(13)11-14-10(7-18-11)12(16)15(2)6-9-4-3-5-17-9/h7-9H,3-6,13H2,1-2H3. The van der Waals surface area contributed by atoms with Gasteiger partial charge in [-0.3, -0.25) is 4.79 Å². The summed E-state index contributed by atoms with van der Waals surface area (Å²) in [6.45, 7) is 3.30. The minimum absolute atomic E-state index is 0.0614. The zero-order valence-corrected chi connectivity index (χ0v) is 11.6. The van der Waals surface area contributed by atoms with Crippen molar-refractivity contribution >= 4 is 17.2 Å². The molecule has 1 aromatic heterocycles. The van der Waals surface area contributed by atoms with Gasteiger partial charge in [0, 0.05) is 25.6 Å². The molecule has 100 valence electrons. The maximum Gasteiger partial charge on any atom is 0.273 e. The lowest BCUT2D eigenvalue weighted by Crippen LogP contribution is -2.34. The summed E-state index contributed by atoms with van der Waals surface area (Å²) in [5.41, 5.74) is 6.22. The molecule has 1 aliphatic heterocycles. The fourth-order valence-electron chi connectivity index (χ4n) is 1.97. The third kappa shape index (κ3) is 3.07. The molecule has 0 bridgehead atoms. The highest BCUT2D eigenvalue weighted by Crippen LogP contribution is 2.18. The Morgan fingerprint density at radius 3 is 3.11 bits per heavy atom. The zero-order valence-electron chi connectivity index (χ0n) is 10.8. The lowest BCUT2D eigenvalue weighted by Gasteiger charge is -2.19. The van der Waals surface area contributed by atoms with E-state index in [4.69, 9.17) is 10.5 Å². The van der Waals surface area contributed by atoms with Crippen LogP contribution in [0.2, 0.25) is 0 Å². The number of thiazole rings is 1. The zero-order chi connectivity index (χ0) is 13.1. The van der Waals surface area contributed by atoms with E-state index in [1.807, 2.05) is 6.92 Å². The van der Waals surface area contributed by atoms with Crippen LogP contribution in [0.4, 0.5) is 0 Å². The van der Waals surface area contributed by atoms with Gasteiger partial charge in [-0.25, -0.2) is 4.98 Å². The molecular weight excluding hydrogens is 250 g/mol. The number of carbonyl (C=O) groups excluding carboxylic acids is 1. The van der Waals surface area contributed by atoms with Gasteiger partial charge < -0.3 is 15.4 Å². The Hall–Kier alpha value is -0.980. The van der Waals surface area contributed by atoms with Crippen molar-refractivity contribution in [3.05, 3.63) is 16.1 Å². The predicted molar refractivity (Wildman–Crippen MR) is 70.7 cm³/mol. The van der Waals surface area contributed by atoms with Crippen LogP contribution < -0.4 is 5.73 Å². The van der Waals surface area contributed by atoms with E-state index in [-0.39, 0.29) is 18.1 Å². The van der Waals surface area contributed by atoms with Crippen molar-refractivity contribution in [2.75, 3.05) is 20.2 Å². The summed E-state index contributed by atoms with van der Waals surface area (Å²) in [7, 11) is 1.79. The molecule has 1 saturated heterocycles. The van der Waals surface area contributed by atoms with Crippen molar-refractivity contribution in [3.8, 4) is 0 Å². The second-order valence-corrected chi connectivity index (χ2v) is 5.57. The highest BCUT2D eigenvalue weighted by Gasteiger charge is 2.22. The number of nitrogens with two attached hydrogens (primary N) is 1. The molecule has 2 N–H and O–H groups in total. The quantitative estimate of drug-likeness (QED) is 0.897. The minimum atomic E-state index is -0.125. The van der Waals surface area contributed by atoms with Gasteiger partial charge in [-0.15, -0.1) is 11.3 Å². The van der Waals surface area contributed by atoms with E-state index in [1.54, 1.807) is 17.3 Å². The monoisotopic (exact) mass is 269 g/mol. The average Bonchev–Trinajstić information content (AvgIpc) is 2.98. The second kappa shape index (κ2) is 5.77. The number of ether oxygens (including phenoxy) is 1. The van der Waals surface area contributed by atoms with Gasteiger partial charge in [-0.2, -0.15) is 0 Å². The van der Waals surface area contributed by atoms with Gasteiger partial charge in [0.1, 0.15) is 10.7 Å². The van der Waals surface area contributed by atoms with Gasteiger partial charge in [0.05, 0.1) is 12.1 Å². The van der Waals surface area contributed by atoms with Crippen LogP contribution in [0.3, 0.4) is 0 Å². The van der Waals surface area contributed by atoms with Crippen molar-refractivity contribution < 1.29 is 9.53 Å². The van der Waals surface area contributed by atoms with E-state index in [9.17, 15) is 4.79 Å². The maximum absolute atomic E-state index is 12.1. The van der Waals surface area contributed by atoms with E-state index in [2.05, 4.69) is 4.98 Å². The van der Waals surface area contributed by atoms with Crippen molar-refractivity contribution in [1.82, 2.24) is 9.88 Å². The first-order valence-corrected chi connectivity index (χ1v) is 7.04. The lowest BCUT2D eigenvalue weighted by atomic mass is 10.2. The Kier molecular flexibility index (Phi) is 4.31. The van der Waals surface area contributed by atoms with Crippen LogP contribution in [0.15, 0.2) is 5.38 Å². The SMILES string of the molecule is CC(N)c1nc(C(=O)N(C)CC2CCCO2)cs1. The molecule has 0 aromatic carbocycles. The smallest absolute Gasteiger partial charge is 0.273 e. The number of likely N-dealkylation sites (N-methyl/N-ethyl adjacent to an activating group) is 1. The van der Waals surface area contributed by atoms with Crippen LogP contribution in [0, 0.1) is 0 Å². The van der Waals surface area contributed by atoms with Gasteiger partial charge >= 0.3 is 0 Å². The molecule has 18 heavy (non-hydrogen) atoms. The first-order valence-electron chi connectivity index (χ1n) is 6.16. The molecule has 1 fully saturated rings. The molecule has 5 nitrogen and oxygen atoms in total. The molecule has 1 aliphatic rings. The third-order valence-electron chi connectivity index (χ3n) is 2.98. The van der Waals surface area contributed by atoms with Crippen molar-refractivity contribution in [2.45, 2.75) is 31.9 Å². The summed E-state index contributed by atoms with van der Waals surface area (Å²) < 4.78 is 5.52. The summed E-state index contributed by atoms with van der Waals surface area (Å²) in [6.07, 6.45) is 2.28. The summed E-state index contributed by atoms with van der Waals surface area (Å²) in [4.78, 5) is 18.1. The maximum atomic E-state index is 12.1. The van der Waals surface area contributed by atoms with E-state index >= 15 is 0 Å². The molecular formula is C12H19N3O2S. The van der Waals surface area contributed by atoms with E-state index < -0.39 is 0 Å². The van der Waals surface area contributed by atoms with Gasteiger partial charge in [-0.1, -0.05) is 0 Å². The summed E-state index contributed by atoms with van der Waals surface area (Å²) >= 11 is 1.43. The number of amides is 1. The van der Waals surface area contributed by atoms with Crippen molar-refractivity contribution in [2.24, 2.45) is 5.73 Å². The van der Waals surface area contributed by atoms with Crippen LogP contribution >= 0.6 is 11.3 Å². The van der Waals surface area contributed by atoms with Gasteiger partial charge in [0.25, 0.3) is 5.91 Å². The van der Waals surface area contributed by atoms with Gasteiger partial charge in [0.2, 0.25) is 0 Å². The molecule has 2 heterocycles. The number of carbonyl (C=O) groups is 1. The summed E-state index contributed by atoms with van der Waals surface area (Å²) in [6, 6.07) is -0.125. The minimum Gasteiger partial charge on any atom is -0.376 e. The molecule has 0 saturated carbocycles. The molecule has 6 heteroatoms. The molecule has 0 spiro atoms. The van der Waals surface area contributed by atoms with Crippen LogP contribution in [0.25, 0.3) is 0 Å². The Morgan fingerprint density at radius 2 is 2.56 bits per heavy atom. The Morgan fingerprint density at radius 1 is 1.78 bits per heavy atom. The van der Waals surface area contributed by atoms with Crippen LogP contribution in [0.5, 0.6) is 0 Å². The first kappa shape index (κ1) is 13.5. The van der Waals surface area contributed by atoms with E-state index in [0.717, 1.165) is 24.5 Å². The fourth-order valence-corrected chi connectivity index (χ4v) is 2.72. The number of aromatic nitrogens is 1. The Balaban J connectivity index is 1.96. The van der Waals surface area contributed by atoms with E-state index in [0.29, 0.717) is 12.2 Å². The lowest BCUT2D eigenvalue weighted by molar-refractivity contribution is 0.0583. The summed E-state index contributed by atoms with van der Waals surface area (Å²) in [5, 5.41) is 2.57. The highest BCUT2D eigenvalue weighted by molar-refractivity contribution is 7.09.